The lowest BCUT2D eigenvalue weighted by molar-refractivity contribution is -0.135. The molecule has 42 heavy (non-hydrogen) atoms. The van der Waals surface area contributed by atoms with Crippen molar-refractivity contribution >= 4 is 63.6 Å². The number of carbonyl (C=O) groups excluding carboxylic acids is 2. The zero-order valence-corrected chi connectivity index (χ0v) is 23.4. The second kappa shape index (κ2) is 12.5. The van der Waals surface area contributed by atoms with Gasteiger partial charge in [0.2, 0.25) is 0 Å². The van der Waals surface area contributed by atoms with Crippen molar-refractivity contribution in [1.82, 2.24) is 9.55 Å². The van der Waals surface area contributed by atoms with Crippen LogP contribution in [0.2, 0.25) is 0 Å². The van der Waals surface area contributed by atoms with Crippen LogP contribution in [0.4, 0.5) is 10.5 Å². The van der Waals surface area contributed by atoms with Crippen molar-refractivity contribution in [3.63, 3.8) is 0 Å². The number of para-hydroxylation sites is 1. The number of benzene rings is 3. The van der Waals surface area contributed by atoms with Crippen molar-refractivity contribution in [1.29, 1.82) is 5.41 Å². The van der Waals surface area contributed by atoms with E-state index in [0.717, 1.165) is 15.8 Å². The molecule has 0 saturated heterocycles. The predicted octanol–water partition coefficient (Wildman–Crippen LogP) is 5.34. The van der Waals surface area contributed by atoms with E-state index in [1.54, 1.807) is 72.5 Å². The fourth-order valence-electron chi connectivity index (χ4n) is 4.74. The highest BCUT2D eigenvalue weighted by Gasteiger charge is 2.24. The number of nitrogen functional groups attached to an aromatic ring is 1. The smallest absolute Gasteiger partial charge is 0.420 e. The first-order valence-corrected chi connectivity index (χ1v) is 12.8. The van der Waals surface area contributed by atoms with E-state index in [1.165, 1.54) is 0 Å². The van der Waals surface area contributed by atoms with Gasteiger partial charge in [-0.3, -0.25) is 24.9 Å². The van der Waals surface area contributed by atoms with Gasteiger partial charge in [-0.15, -0.1) is 12.4 Å². The van der Waals surface area contributed by atoms with Gasteiger partial charge in [-0.1, -0.05) is 42.5 Å². The molecule has 0 saturated carbocycles. The molecule has 0 atom stereocenters. The van der Waals surface area contributed by atoms with Crippen molar-refractivity contribution in [2.45, 2.75) is 12.8 Å². The first-order valence-electron chi connectivity index (χ1n) is 12.8. The van der Waals surface area contributed by atoms with E-state index in [9.17, 15) is 19.5 Å². The minimum atomic E-state index is -1.20. The van der Waals surface area contributed by atoms with Gasteiger partial charge in [0.25, 0.3) is 0 Å². The van der Waals surface area contributed by atoms with Gasteiger partial charge in [-0.2, -0.15) is 0 Å². The average Bonchev–Trinajstić information content (AvgIpc) is 3.30. The molecule has 214 valence electrons. The summed E-state index contributed by atoms with van der Waals surface area (Å²) in [5.74, 6) is -1.04. The molecule has 0 unspecified atom stereocenters. The Kier molecular flexibility index (Phi) is 8.87. The highest BCUT2D eigenvalue weighted by atomic mass is 35.5. The van der Waals surface area contributed by atoms with Crippen LogP contribution in [-0.4, -0.2) is 44.9 Å². The van der Waals surface area contributed by atoms with Crippen LogP contribution in [0.25, 0.3) is 21.8 Å². The first kappa shape index (κ1) is 29.8. The molecule has 0 bridgehead atoms. The molecule has 0 aliphatic heterocycles. The Morgan fingerprint density at radius 2 is 1.79 bits per heavy atom. The number of pyridine rings is 1. The van der Waals surface area contributed by atoms with E-state index in [-0.39, 0.29) is 29.8 Å². The second-order valence-corrected chi connectivity index (χ2v) is 9.57. The largest absolute Gasteiger partial charge is 0.480 e. The average molecular weight is 586 g/mol. The molecule has 0 aliphatic rings. The lowest BCUT2D eigenvalue weighted by Crippen LogP contribution is -2.38. The van der Waals surface area contributed by atoms with Gasteiger partial charge in [0.1, 0.15) is 18.1 Å². The van der Waals surface area contributed by atoms with E-state index < -0.39 is 18.6 Å². The van der Waals surface area contributed by atoms with Crippen LogP contribution in [0.3, 0.4) is 0 Å². The lowest BCUT2D eigenvalue weighted by atomic mass is 10.0. The molecule has 3 aromatic carbocycles. The molecular formula is C31H28ClN5O5. The van der Waals surface area contributed by atoms with Gasteiger partial charge in [0.05, 0.1) is 16.7 Å². The number of carboxylic acid groups (broad SMARTS) is 1. The van der Waals surface area contributed by atoms with Crippen molar-refractivity contribution < 1.29 is 24.2 Å². The van der Waals surface area contributed by atoms with Gasteiger partial charge in [0, 0.05) is 53.8 Å². The molecule has 4 N–H and O–H groups in total. The number of nitrogens with two attached hydrogens (primary N) is 1. The number of anilines is 1. The Bertz CT molecular complexity index is 1810. The third kappa shape index (κ3) is 6.24. The number of ether oxygens (including phenoxy) is 1. The fourth-order valence-corrected chi connectivity index (χ4v) is 4.74. The standard InChI is InChI=1S/C31H27N5O5.ClH/c1-35-17-24(27(37)14-9-19-7-10-21(11-8-19)30(32)33)23-13-12-22(16-26(23)35)41-31(40)36(18-28(38)39)25-6-2-4-20-5-3-15-34-29(20)25;/h2-8,10-13,15-17H,9,14,18H2,1H3,(H3,32,33)(H,38,39);1H. The number of hydrogen-bond acceptors (Lipinski definition) is 6. The van der Waals surface area contributed by atoms with Crippen molar-refractivity contribution in [3.8, 4) is 5.75 Å². The predicted molar refractivity (Wildman–Crippen MR) is 163 cm³/mol. The molecule has 5 aromatic rings. The number of Topliss-reactive ketones (excluding diaryl/α,β-unsaturated/α-hetero) is 1. The lowest BCUT2D eigenvalue weighted by Gasteiger charge is -2.21. The third-order valence-electron chi connectivity index (χ3n) is 6.79. The molecular weight excluding hydrogens is 558 g/mol. The van der Waals surface area contributed by atoms with Gasteiger partial charge in [0.15, 0.2) is 5.78 Å². The number of aromatic nitrogens is 2. The second-order valence-electron chi connectivity index (χ2n) is 9.57. The zero-order chi connectivity index (χ0) is 29.1. The number of halogens is 1. The highest BCUT2D eigenvalue weighted by Crippen LogP contribution is 2.29. The van der Waals surface area contributed by atoms with Gasteiger partial charge in [-0.05, 0) is 36.2 Å². The van der Waals surface area contributed by atoms with Crippen LogP contribution in [0.15, 0.2) is 85.2 Å². The van der Waals surface area contributed by atoms with Crippen LogP contribution in [-0.2, 0) is 18.3 Å². The number of hydrogen-bond donors (Lipinski definition) is 3. The summed E-state index contributed by atoms with van der Waals surface area (Å²) in [6, 6.07) is 20.9. The molecule has 11 heteroatoms. The summed E-state index contributed by atoms with van der Waals surface area (Å²) in [5.41, 5.74) is 9.13. The summed E-state index contributed by atoms with van der Waals surface area (Å²) in [7, 11) is 1.80. The molecule has 0 spiro atoms. The molecule has 2 aromatic heterocycles. The van der Waals surface area contributed by atoms with E-state index in [2.05, 4.69) is 4.98 Å². The fraction of sp³-hybridized carbons (Fsp3) is 0.129. The van der Waals surface area contributed by atoms with Crippen LogP contribution >= 0.6 is 12.4 Å². The van der Waals surface area contributed by atoms with E-state index in [0.29, 0.717) is 46.1 Å². The molecule has 0 fully saturated rings. The number of ketones is 1. The maximum absolute atomic E-state index is 13.2. The third-order valence-corrected chi connectivity index (χ3v) is 6.79. The van der Waals surface area contributed by atoms with Gasteiger partial charge in [-0.25, -0.2) is 4.79 Å². The minimum absolute atomic E-state index is 0. The molecule has 2 heterocycles. The number of aryl methyl sites for hydroxylation is 2. The number of rotatable bonds is 9. The zero-order valence-electron chi connectivity index (χ0n) is 22.6. The Morgan fingerprint density at radius 1 is 1.05 bits per heavy atom. The number of nitrogens with one attached hydrogen (secondary N) is 1. The van der Waals surface area contributed by atoms with Crippen molar-refractivity contribution in [2.75, 3.05) is 11.4 Å². The monoisotopic (exact) mass is 585 g/mol. The molecule has 5 rings (SSSR count). The Labute approximate surface area is 247 Å². The Balaban J connectivity index is 0.00000405. The summed E-state index contributed by atoms with van der Waals surface area (Å²) in [6.07, 6.45) is 3.27. The van der Waals surface area contributed by atoms with Crippen LogP contribution in [0.1, 0.15) is 27.9 Å². The molecule has 10 nitrogen and oxygen atoms in total. The minimum Gasteiger partial charge on any atom is -0.480 e. The topological polar surface area (TPSA) is 152 Å². The summed E-state index contributed by atoms with van der Waals surface area (Å²) < 4.78 is 7.40. The normalized spacial score (nSPS) is 10.7. The molecule has 0 radical (unpaired) electrons. The van der Waals surface area contributed by atoms with E-state index in [1.807, 2.05) is 24.3 Å². The van der Waals surface area contributed by atoms with Crippen LogP contribution in [0, 0.1) is 5.41 Å². The summed E-state index contributed by atoms with van der Waals surface area (Å²) in [6.45, 7) is -0.614. The highest BCUT2D eigenvalue weighted by molar-refractivity contribution is 6.08. The number of amidine groups is 1. The summed E-state index contributed by atoms with van der Waals surface area (Å²) in [4.78, 5) is 43.3. The number of fused-ring (bicyclic) bond motifs is 2. The Morgan fingerprint density at radius 3 is 2.50 bits per heavy atom. The van der Waals surface area contributed by atoms with Gasteiger partial charge < -0.3 is 20.1 Å². The maximum atomic E-state index is 13.2. The van der Waals surface area contributed by atoms with Crippen LogP contribution in [0.5, 0.6) is 5.75 Å². The SMILES string of the molecule is Cl.Cn1cc(C(=O)CCc2ccc(C(=N)N)cc2)c2ccc(OC(=O)N(CC(=O)O)c3cccc4cccnc34)cc21. The number of carbonyl (C=O) groups is 3. The first-order chi connectivity index (χ1) is 19.7. The number of amides is 1. The maximum Gasteiger partial charge on any atom is 0.420 e. The van der Waals surface area contributed by atoms with Crippen molar-refractivity contribution in [3.05, 3.63) is 102 Å². The number of nitrogens with zero attached hydrogens (tertiary/aromatic N) is 3. The quantitative estimate of drug-likeness (QED) is 0.120. The Hall–Kier alpha value is -5.22. The van der Waals surface area contributed by atoms with Gasteiger partial charge >= 0.3 is 12.1 Å². The molecule has 0 aliphatic carbocycles. The van der Waals surface area contributed by atoms with Crippen LogP contribution < -0.4 is 15.4 Å². The summed E-state index contributed by atoms with van der Waals surface area (Å²) in [5, 5.41) is 18.5. The van der Waals surface area contributed by atoms with Crippen molar-refractivity contribution in [2.24, 2.45) is 12.8 Å². The summed E-state index contributed by atoms with van der Waals surface area (Å²) >= 11 is 0. The van der Waals surface area contributed by atoms with E-state index >= 15 is 0 Å². The molecule has 1 amide bonds. The van der Waals surface area contributed by atoms with E-state index in [4.69, 9.17) is 15.9 Å². The number of aliphatic carboxylic acids is 1. The number of carboxylic acids is 1.